The molecule has 1 heterocycles. The number of carbonyl (C=O) groups is 1. The van der Waals surface area contributed by atoms with Gasteiger partial charge in [-0.05, 0) is 50.5 Å². The van der Waals surface area contributed by atoms with Crippen LogP contribution in [-0.2, 0) is 0 Å². The molecule has 0 aliphatic carbocycles. The topological polar surface area (TPSA) is 66.5 Å². The molecule has 144 valence electrons. The molecule has 0 saturated carbocycles. The van der Waals surface area contributed by atoms with Crippen molar-refractivity contribution in [3.63, 3.8) is 0 Å². The second-order valence-corrected chi connectivity index (χ2v) is 6.53. The molecule has 0 saturated heterocycles. The first-order valence-electron chi connectivity index (χ1n) is 9.10. The van der Waals surface area contributed by atoms with E-state index in [2.05, 4.69) is 20.5 Å². The van der Waals surface area contributed by atoms with E-state index in [1.807, 2.05) is 68.7 Å². The van der Waals surface area contributed by atoms with Gasteiger partial charge in [0.2, 0.25) is 0 Å². The van der Waals surface area contributed by atoms with Crippen LogP contribution in [0.15, 0.2) is 72.9 Å². The Morgan fingerprint density at radius 1 is 1.04 bits per heavy atom. The highest BCUT2D eigenvalue weighted by molar-refractivity contribution is 6.05. The molecular formula is C22H24N4O2. The van der Waals surface area contributed by atoms with E-state index in [0.29, 0.717) is 28.6 Å². The van der Waals surface area contributed by atoms with Gasteiger partial charge in [0.1, 0.15) is 11.6 Å². The number of benzene rings is 2. The molecule has 3 aromatic rings. The number of aromatic nitrogens is 1. The fraction of sp³-hybridized carbons (Fsp3) is 0.182. The highest BCUT2D eigenvalue weighted by Crippen LogP contribution is 2.29. The maximum absolute atomic E-state index is 12.7. The SMILES string of the molecule is CN(C)CCNc1cc(C(=O)Nc2ccccc2Oc2ccccc2)ccn1. The Morgan fingerprint density at radius 3 is 2.57 bits per heavy atom. The first-order valence-corrected chi connectivity index (χ1v) is 9.10. The number of amides is 1. The maximum Gasteiger partial charge on any atom is 0.255 e. The normalized spacial score (nSPS) is 10.5. The number of rotatable bonds is 8. The fourth-order valence-corrected chi connectivity index (χ4v) is 2.54. The quantitative estimate of drug-likeness (QED) is 0.620. The van der Waals surface area contributed by atoms with Crippen molar-refractivity contribution < 1.29 is 9.53 Å². The predicted molar refractivity (Wildman–Crippen MR) is 112 cm³/mol. The molecule has 0 aliphatic heterocycles. The number of ether oxygens (including phenoxy) is 1. The summed E-state index contributed by atoms with van der Waals surface area (Å²) in [5.74, 6) is 1.74. The zero-order valence-corrected chi connectivity index (χ0v) is 16.1. The number of para-hydroxylation sites is 3. The lowest BCUT2D eigenvalue weighted by Gasteiger charge is -2.13. The minimum atomic E-state index is -0.220. The number of pyridine rings is 1. The van der Waals surface area contributed by atoms with E-state index in [-0.39, 0.29) is 5.91 Å². The van der Waals surface area contributed by atoms with Crippen molar-refractivity contribution >= 4 is 17.4 Å². The summed E-state index contributed by atoms with van der Waals surface area (Å²) in [5, 5.41) is 6.14. The van der Waals surface area contributed by atoms with Gasteiger partial charge in [-0.15, -0.1) is 0 Å². The summed E-state index contributed by atoms with van der Waals surface area (Å²) in [6.07, 6.45) is 1.62. The molecule has 2 N–H and O–H groups in total. The molecule has 3 rings (SSSR count). The van der Waals surface area contributed by atoms with Gasteiger partial charge >= 0.3 is 0 Å². The summed E-state index contributed by atoms with van der Waals surface area (Å²) in [6.45, 7) is 1.63. The van der Waals surface area contributed by atoms with Gasteiger partial charge in [-0.1, -0.05) is 30.3 Å². The van der Waals surface area contributed by atoms with Crippen molar-refractivity contribution in [3.05, 3.63) is 78.5 Å². The summed E-state index contributed by atoms with van der Waals surface area (Å²) in [7, 11) is 4.02. The number of anilines is 2. The minimum absolute atomic E-state index is 0.220. The lowest BCUT2D eigenvalue weighted by Crippen LogP contribution is -2.21. The van der Waals surface area contributed by atoms with Gasteiger partial charge in [0.05, 0.1) is 5.69 Å². The van der Waals surface area contributed by atoms with E-state index < -0.39 is 0 Å². The molecule has 1 aromatic heterocycles. The number of carbonyl (C=O) groups excluding carboxylic acids is 1. The summed E-state index contributed by atoms with van der Waals surface area (Å²) < 4.78 is 5.90. The van der Waals surface area contributed by atoms with E-state index in [0.717, 1.165) is 13.1 Å². The van der Waals surface area contributed by atoms with Crippen molar-refractivity contribution in [2.45, 2.75) is 0 Å². The second kappa shape index (κ2) is 9.53. The van der Waals surface area contributed by atoms with Gasteiger partial charge in [-0.3, -0.25) is 4.79 Å². The molecule has 28 heavy (non-hydrogen) atoms. The molecular weight excluding hydrogens is 352 g/mol. The minimum Gasteiger partial charge on any atom is -0.455 e. The van der Waals surface area contributed by atoms with Crippen LogP contribution in [0, 0.1) is 0 Å². The van der Waals surface area contributed by atoms with Gasteiger partial charge in [0, 0.05) is 24.8 Å². The molecule has 0 atom stereocenters. The lowest BCUT2D eigenvalue weighted by molar-refractivity contribution is 0.102. The molecule has 0 aliphatic rings. The Morgan fingerprint density at radius 2 is 1.79 bits per heavy atom. The van der Waals surface area contributed by atoms with Crippen LogP contribution in [0.3, 0.4) is 0 Å². The van der Waals surface area contributed by atoms with Crippen LogP contribution in [0.5, 0.6) is 11.5 Å². The van der Waals surface area contributed by atoms with Crippen LogP contribution < -0.4 is 15.4 Å². The van der Waals surface area contributed by atoms with Crippen molar-refractivity contribution in [1.82, 2.24) is 9.88 Å². The first-order chi connectivity index (χ1) is 13.6. The maximum atomic E-state index is 12.7. The lowest BCUT2D eigenvalue weighted by atomic mass is 10.2. The zero-order chi connectivity index (χ0) is 19.8. The number of hydrogen-bond donors (Lipinski definition) is 2. The third-order valence-corrected chi connectivity index (χ3v) is 3.99. The third kappa shape index (κ3) is 5.56. The Kier molecular flexibility index (Phi) is 6.59. The number of nitrogens with one attached hydrogen (secondary N) is 2. The van der Waals surface area contributed by atoms with Crippen molar-refractivity contribution in [1.29, 1.82) is 0 Å². The van der Waals surface area contributed by atoms with E-state index >= 15 is 0 Å². The highest BCUT2D eigenvalue weighted by atomic mass is 16.5. The highest BCUT2D eigenvalue weighted by Gasteiger charge is 2.11. The molecule has 0 bridgehead atoms. The Hall–Kier alpha value is -3.38. The van der Waals surface area contributed by atoms with Gasteiger partial charge in [0.15, 0.2) is 5.75 Å². The molecule has 0 radical (unpaired) electrons. The van der Waals surface area contributed by atoms with E-state index in [1.165, 1.54) is 0 Å². The summed E-state index contributed by atoms with van der Waals surface area (Å²) >= 11 is 0. The number of hydrogen-bond acceptors (Lipinski definition) is 5. The average Bonchev–Trinajstić information content (AvgIpc) is 2.70. The third-order valence-electron chi connectivity index (χ3n) is 3.99. The van der Waals surface area contributed by atoms with Crippen molar-refractivity contribution in [3.8, 4) is 11.5 Å². The van der Waals surface area contributed by atoms with Crippen LogP contribution in [0.1, 0.15) is 10.4 Å². The molecule has 0 unspecified atom stereocenters. The summed E-state index contributed by atoms with van der Waals surface area (Å²) in [4.78, 5) is 19.1. The van der Waals surface area contributed by atoms with Crippen LogP contribution in [0.25, 0.3) is 0 Å². The number of likely N-dealkylation sites (N-methyl/N-ethyl adjacent to an activating group) is 1. The van der Waals surface area contributed by atoms with Gasteiger partial charge < -0.3 is 20.3 Å². The number of nitrogens with zero attached hydrogens (tertiary/aromatic N) is 2. The van der Waals surface area contributed by atoms with Crippen LogP contribution >= 0.6 is 0 Å². The Balaban J connectivity index is 1.70. The monoisotopic (exact) mass is 376 g/mol. The smallest absolute Gasteiger partial charge is 0.255 e. The second-order valence-electron chi connectivity index (χ2n) is 6.53. The van der Waals surface area contributed by atoms with Gasteiger partial charge in [-0.25, -0.2) is 4.98 Å². The van der Waals surface area contributed by atoms with Crippen LogP contribution in [0.2, 0.25) is 0 Å². The predicted octanol–water partition coefficient (Wildman–Crippen LogP) is 4.10. The molecule has 0 spiro atoms. The van der Waals surface area contributed by atoms with Gasteiger partial charge in [-0.2, -0.15) is 0 Å². The molecule has 6 nitrogen and oxygen atoms in total. The van der Waals surface area contributed by atoms with Crippen molar-refractivity contribution in [2.75, 3.05) is 37.8 Å². The molecule has 0 fully saturated rings. The molecule has 6 heteroatoms. The summed E-state index contributed by atoms with van der Waals surface area (Å²) in [6, 6.07) is 20.3. The summed E-state index contributed by atoms with van der Waals surface area (Å²) in [5.41, 5.74) is 1.13. The largest absolute Gasteiger partial charge is 0.455 e. The molecule has 2 aromatic carbocycles. The van der Waals surface area contributed by atoms with E-state index in [1.54, 1.807) is 18.3 Å². The van der Waals surface area contributed by atoms with Crippen LogP contribution in [0.4, 0.5) is 11.5 Å². The average molecular weight is 376 g/mol. The zero-order valence-electron chi connectivity index (χ0n) is 16.1. The van der Waals surface area contributed by atoms with E-state index in [4.69, 9.17) is 4.74 Å². The van der Waals surface area contributed by atoms with Crippen LogP contribution in [-0.4, -0.2) is 43.0 Å². The Bertz CT molecular complexity index is 913. The van der Waals surface area contributed by atoms with Crippen molar-refractivity contribution in [2.24, 2.45) is 0 Å². The fourth-order valence-electron chi connectivity index (χ4n) is 2.54. The van der Waals surface area contributed by atoms with E-state index in [9.17, 15) is 4.79 Å². The Labute approximate surface area is 165 Å². The van der Waals surface area contributed by atoms with Gasteiger partial charge in [0.25, 0.3) is 5.91 Å². The first kappa shape index (κ1) is 19.4. The molecule has 1 amide bonds. The standard InChI is InChI=1S/C22H24N4O2/c1-26(2)15-14-24-21-16-17(12-13-23-21)22(27)25-19-10-6-7-11-20(19)28-18-8-4-3-5-9-18/h3-13,16H,14-15H2,1-2H3,(H,23,24)(H,25,27).